The number of thioether (sulfide) groups is 1. The van der Waals surface area contributed by atoms with E-state index in [2.05, 4.69) is 28.0 Å². The SMILES string of the molecule is Oc1ccc2c(c1)CCC2NCCN1CCSCC1. The molecule has 1 atom stereocenters. The Morgan fingerprint density at radius 1 is 1.32 bits per heavy atom. The largest absolute Gasteiger partial charge is 0.508 e. The molecule has 19 heavy (non-hydrogen) atoms. The van der Waals surface area contributed by atoms with Gasteiger partial charge in [0, 0.05) is 43.7 Å². The van der Waals surface area contributed by atoms with Gasteiger partial charge in [-0.3, -0.25) is 0 Å². The molecule has 1 aromatic carbocycles. The Morgan fingerprint density at radius 3 is 3.00 bits per heavy atom. The van der Waals surface area contributed by atoms with Crippen molar-refractivity contribution in [2.45, 2.75) is 18.9 Å². The molecule has 0 radical (unpaired) electrons. The van der Waals surface area contributed by atoms with Crippen molar-refractivity contribution < 1.29 is 5.11 Å². The first-order valence-electron chi connectivity index (χ1n) is 7.18. The predicted molar refractivity (Wildman–Crippen MR) is 80.9 cm³/mol. The van der Waals surface area contributed by atoms with Crippen molar-refractivity contribution in [3.05, 3.63) is 29.3 Å². The van der Waals surface area contributed by atoms with Gasteiger partial charge in [0.15, 0.2) is 0 Å². The van der Waals surface area contributed by atoms with Crippen LogP contribution in [0.5, 0.6) is 5.75 Å². The molecule has 1 aliphatic heterocycles. The second-order valence-electron chi connectivity index (χ2n) is 5.38. The fourth-order valence-electron chi connectivity index (χ4n) is 3.04. The summed E-state index contributed by atoms with van der Waals surface area (Å²) in [5, 5.41) is 13.2. The van der Waals surface area contributed by atoms with Gasteiger partial charge in [-0.05, 0) is 36.1 Å². The monoisotopic (exact) mass is 278 g/mol. The zero-order valence-corrected chi connectivity index (χ0v) is 12.1. The summed E-state index contributed by atoms with van der Waals surface area (Å²) in [6.45, 7) is 4.70. The van der Waals surface area contributed by atoms with Crippen LogP contribution < -0.4 is 5.32 Å². The van der Waals surface area contributed by atoms with Gasteiger partial charge in [0.25, 0.3) is 0 Å². The number of hydrogen-bond acceptors (Lipinski definition) is 4. The van der Waals surface area contributed by atoms with E-state index in [9.17, 15) is 5.11 Å². The highest BCUT2D eigenvalue weighted by molar-refractivity contribution is 7.99. The van der Waals surface area contributed by atoms with Gasteiger partial charge in [-0.1, -0.05) is 6.07 Å². The topological polar surface area (TPSA) is 35.5 Å². The Balaban J connectivity index is 1.49. The summed E-state index contributed by atoms with van der Waals surface area (Å²) in [5.41, 5.74) is 2.69. The number of rotatable bonds is 4. The van der Waals surface area contributed by atoms with Crippen LogP contribution in [0.15, 0.2) is 18.2 Å². The fraction of sp³-hybridized carbons (Fsp3) is 0.600. The average molecular weight is 278 g/mol. The molecule has 104 valence electrons. The summed E-state index contributed by atoms with van der Waals surface area (Å²) in [6.07, 6.45) is 2.25. The minimum Gasteiger partial charge on any atom is -0.508 e. The van der Waals surface area contributed by atoms with Gasteiger partial charge in [-0.25, -0.2) is 0 Å². The molecule has 0 bridgehead atoms. The van der Waals surface area contributed by atoms with Crippen molar-refractivity contribution in [3.8, 4) is 5.75 Å². The standard InChI is InChI=1S/C15H22N2OS/c18-13-2-3-14-12(11-13)1-4-15(14)16-5-6-17-7-9-19-10-8-17/h2-3,11,15-16,18H,1,4-10H2. The summed E-state index contributed by atoms with van der Waals surface area (Å²) >= 11 is 2.06. The molecule has 4 heteroatoms. The molecule has 0 saturated carbocycles. The number of aryl methyl sites for hydroxylation is 1. The Labute approximate surface area is 119 Å². The van der Waals surface area contributed by atoms with Gasteiger partial charge in [0.1, 0.15) is 5.75 Å². The van der Waals surface area contributed by atoms with Crippen molar-refractivity contribution in [2.24, 2.45) is 0 Å². The third-order valence-electron chi connectivity index (χ3n) is 4.13. The quantitative estimate of drug-likeness (QED) is 0.883. The van der Waals surface area contributed by atoms with Crippen LogP contribution in [0.1, 0.15) is 23.6 Å². The highest BCUT2D eigenvalue weighted by Crippen LogP contribution is 2.32. The van der Waals surface area contributed by atoms with E-state index in [0.29, 0.717) is 11.8 Å². The minimum atomic E-state index is 0.394. The van der Waals surface area contributed by atoms with Crippen molar-refractivity contribution in [3.63, 3.8) is 0 Å². The maximum Gasteiger partial charge on any atom is 0.115 e. The lowest BCUT2D eigenvalue weighted by molar-refractivity contribution is 0.295. The Morgan fingerprint density at radius 2 is 2.16 bits per heavy atom. The van der Waals surface area contributed by atoms with Crippen LogP contribution in [0.2, 0.25) is 0 Å². The first-order valence-corrected chi connectivity index (χ1v) is 8.34. The lowest BCUT2D eigenvalue weighted by Crippen LogP contribution is -2.38. The molecule has 1 saturated heterocycles. The lowest BCUT2D eigenvalue weighted by atomic mass is 10.1. The molecule has 0 amide bonds. The highest BCUT2D eigenvalue weighted by atomic mass is 32.2. The van der Waals surface area contributed by atoms with E-state index in [1.165, 1.54) is 35.7 Å². The summed E-state index contributed by atoms with van der Waals surface area (Å²) in [5.74, 6) is 2.96. The molecule has 1 heterocycles. The molecule has 3 rings (SSSR count). The molecule has 0 spiro atoms. The zero-order valence-electron chi connectivity index (χ0n) is 11.3. The number of nitrogens with one attached hydrogen (secondary N) is 1. The van der Waals surface area contributed by atoms with Crippen molar-refractivity contribution in [2.75, 3.05) is 37.7 Å². The van der Waals surface area contributed by atoms with Crippen molar-refractivity contribution >= 4 is 11.8 Å². The Bertz CT molecular complexity index is 432. The third kappa shape index (κ3) is 3.25. The number of phenols is 1. The number of phenolic OH excluding ortho intramolecular Hbond substituents is 1. The molecule has 3 nitrogen and oxygen atoms in total. The smallest absolute Gasteiger partial charge is 0.115 e. The number of aromatic hydroxyl groups is 1. The molecule has 1 aliphatic carbocycles. The molecular weight excluding hydrogens is 256 g/mol. The second-order valence-corrected chi connectivity index (χ2v) is 6.61. The number of benzene rings is 1. The minimum absolute atomic E-state index is 0.394. The van der Waals surface area contributed by atoms with E-state index in [0.717, 1.165) is 25.9 Å². The van der Waals surface area contributed by atoms with Crippen molar-refractivity contribution in [1.82, 2.24) is 10.2 Å². The summed E-state index contributed by atoms with van der Waals surface area (Å²) in [7, 11) is 0. The van der Waals surface area contributed by atoms with Crippen LogP contribution in [0, 0.1) is 0 Å². The lowest BCUT2D eigenvalue weighted by Gasteiger charge is -2.26. The summed E-state index contributed by atoms with van der Waals surface area (Å²) in [6, 6.07) is 6.28. The van der Waals surface area contributed by atoms with E-state index in [1.54, 1.807) is 6.07 Å². The molecule has 1 unspecified atom stereocenters. The van der Waals surface area contributed by atoms with Crippen LogP contribution in [-0.4, -0.2) is 47.7 Å². The Hall–Kier alpha value is -0.710. The van der Waals surface area contributed by atoms with E-state index in [1.807, 2.05) is 6.07 Å². The first kappa shape index (κ1) is 13.3. The van der Waals surface area contributed by atoms with E-state index in [4.69, 9.17) is 0 Å². The van der Waals surface area contributed by atoms with Gasteiger partial charge in [-0.2, -0.15) is 11.8 Å². The maximum atomic E-state index is 9.50. The van der Waals surface area contributed by atoms with Crippen LogP contribution >= 0.6 is 11.8 Å². The Kier molecular flexibility index (Phi) is 4.31. The normalized spacial score (nSPS) is 23.5. The maximum absolute atomic E-state index is 9.50. The summed E-state index contributed by atoms with van der Waals surface area (Å²) < 4.78 is 0. The highest BCUT2D eigenvalue weighted by Gasteiger charge is 2.22. The fourth-order valence-corrected chi connectivity index (χ4v) is 4.02. The van der Waals surface area contributed by atoms with Crippen molar-refractivity contribution in [1.29, 1.82) is 0 Å². The summed E-state index contributed by atoms with van der Waals surface area (Å²) in [4.78, 5) is 2.55. The third-order valence-corrected chi connectivity index (χ3v) is 5.07. The number of hydrogen-bond donors (Lipinski definition) is 2. The molecule has 2 aliphatic rings. The second kappa shape index (κ2) is 6.16. The average Bonchev–Trinajstić information content (AvgIpc) is 2.82. The molecule has 1 aromatic rings. The molecule has 2 N–H and O–H groups in total. The molecule has 0 aromatic heterocycles. The zero-order chi connectivity index (χ0) is 13.1. The number of fused-ring (bicyclic) bond motifs is 1. The van der Waals surface area contributed by atoms with E-state index < -0.39 is 0 Å². The predicted octanol–water partition coefficient (Wildman–Crippen LogP) is 2.02. The van der Waals surface area contributed by atoms with Crippen LogP contribution in [0.4, 0.5) is 0 Å². The van der Waals surface area contributed by atoms with Crippen LogP contribution in [0.3, 0.4) is 0 Å². The molecule has 1 fully saturated rings. The van der Waals surface area contributed by atoms with Gasteiger partial charge in [0.05, 0.1) is 0 Å². The van der Waals surface area contributed by atoms with Crippen LogP contribution in [-0.2, 0) is 6.42 Å². The van der Waals surface area contributed by atoms with Crippen LogP contribution in [0.25, 0.3) is 0 Å². The number of nitrogens with zero attached hydrogens (tertiary/aromatic N) is 1. The van der Waals surface area contributed by atoms with Gasteiger partial charge in [-0.15, -0.1) is 0 Å². The van der Waals surface area contributed by atoms with Gasteiger partial charge in [0.2, 0.25) is 0 Å². The van der Waals surface area contributed by atoms with E-state index >= 15 is 0 Å². The van der Waals surface area contributed by atoms with Gasteiger partial charge >= 0.3 is 0 Å². The van der Waals surface area contributed by atoms with Gasteiger partial charge < -0.3 is 15.3 Å². The first-order chi connectivity index (χ1) is 9.33. The molecular formula is C15H22N2OS. The van der Waals surface area contributed by atoms with E-state index in [-0.39, 0.29) is 0 Å².